The molecule has 0 aliphatic rings. The molecule has 0 amide bonds. The molecule has 164 valence electrons. The molecule has 6 nitrogen and oxygen atoms in total. The van der Waals surface area contributed by atoms with Gasteiger partial charge in [-0.15, -0.1) is 11.3 Å². The molecule has 2 heterocycles. The zero-order chi connectivity index (χ0) is 22.5. The van der Waals surface area contributed by atoms with Crippen molar-refractivity contribution in [2.24, 2.45) is 10.1 Å². The lowest BCUT2D eigenvalue weighted by Crippen LogP contribution is -2.14. The molecule has 0 unspecified atom stereocenters. The van der Waals surface area contributed by atoms with E-state index < -0.39 is 0 Å². The smallest absolute Gasteiger partial charge is 0.206 e. The first-order chi connectivity index (χ1) is 15.6. The number of rotatable bonds is 7. The summed E-state index contributed by atoms with van der Waals surface area (Å²) in [5, 5.41) is 6.92. The van der Waals surface area contributed by atoms with E-state index in [1.165, 1.54) is 11.3 Å². The van der Waals surface area contributed by atoms with Crippen LogP contribution in [0.5, 0.6) is 11.5 Å². The molecule has 0 N–H and O–H groups in total. The van der Waals surface area contributed by atoms with E-state index in [0.717, 1.165) is 44.6 Å². The second-order valence-electron chi connectivity index (χ2n) is 7.18. The van der Waals surface area contributed by atoms with Gasteiger partial charge in [-0.05, 0) is 43.7 Å². The predicted molar refractivity (Wildman–Crippen MR) is 128 cm³/mol. The lowest BCUT2D eigenvalue weighted by Gasteiger charge is -2.11. The fraction of sp³-hybridized carbons (Fsp3) is 0.200. The molecule has 32 heavy (non-hydrogen) atoms. The van der Waals surface area contributed by atoms with Crippen molar-refractivity contribution in [3.8, 4) is 22.8 Å². The molecule has 2 aromatic heterocycles. The number of aromatic nitrogens is 1. The minimum atomic E-state index is 0.564. The predicted octanol–water partition coefficient (Wildman–Crippen LogP) is 5.51. The number of benzene rings is 2. The Morgan fingerprint density at radius 1 is 1.03 bits per heavy atom. The molecule has 0 fully saturated rings. The fourth-order valence-corrected chi connectivity index (χ4v) is 4.09. The third-order valence-corrected chi connectivity index (χ3v) is 5.81. The maximum absolute atomic E-state index is 5.77. The molecule has 2 aromatic carbocycles. The fourth-order valence-electron chi connectivity index (χ4n) is 3.27. The van der Waals surface area contributed by atoms with E-state index >= 15 is 0 Å². The average Bonchev–Trinajstić information content (AvgIpc) is 3.44. The van der Waals surface area contributed by atoms with E-state index in [4.69, 9.17) is 24.0 Å². The van der Waals surface area contributed by atoms with Gasteiger partial charge in [0, 0.05) is 17.0 Å². The van der Waals surface area contributed by atoms with Gasteiger partial charge in [-0.3, -0.25) is 4.99 Å². The first kappa shape index (κ1) is 21.6. The highest BCUT2D eigenvalue weighted by Gasteiger charge is 2.15. The van der Waals surface area contributed by atoms with Gasteiger partial charge in [0.05, 0.1) is 26.5 Å². The number of thiazole rings is 1. The minimum absolute atomic E-state index is 0.564. The van der Waals surface area contributed by atoms with Gasteiger partial charge in [0.1, 0.15) is 28.7 Å². The van der Waals surface area contributed by atoms with Crippen LogP contribution in [-0.2, 0) is 6.54 Å². The Balaban J connectivity index is 1.85. The van der Waals surface area contributed by atoms with Crippen molar-refractivity contribution in [1.29, 1.82) is 0 Å². The number of nitrogens with zero attached hydrogens (tertiary/aromatic N) is 3. The molecule has 0 spiro atoms. The number of furan rings is 1. The lowest BCUT2D eigenvalue weighted by atomic mass is 10.1. The molecule has 7 heteroatoms. The molecular weight excluding hydrogens is 422 g/mol. The van der Waals surface area contributed by atoms with Crippen LogP contribution in [0.4, 0.5) is 0 Å². The molecule has 0 aliphatic heterocycles. The molecule has 0 radical (unpaired) electrons. The van der Waals surface area contributed by atoms with Crippen molar-refractivity contribution in [2.45, 2.75) is 20.4 Å². The van der Waals surface area contributed by atoms with Crippen LogP contribution in [-0.4, -0.2) is 24.6 Å². The van der Waals surface area contributed by atoms with E-state index in [0.29, 0.717) is 12.3 Å². The third kappa shape index (κ3) is 4.68. The van der Waals surface area contributed by atoms with E-state index in [2.05, 4.69) is 12.1 Å². The first-order valence-electron chi connectivity index (χ1n) is 10.2. The van der Waals surface area contributed by atoms with Gasteiger partial charge in [0.15, 0.2) is 0 Å². The molecule has 0 saturated heterocycles. The number of aryl methyl sites for hydroxylation is 1. The van der Waals surface area contributed by atoms with Gasteiger partial charge >= 0.3 is 0 Å². The summed E-state index contributed by atoms with van der Waals surface area (Å²) >= 11 is 1.53. The topological polar surface area (TPSA) is 61.2 Å². The quantitative estimate of drug-likeness (QED) is 0.351. The SMILES string of the molecule is COc1ccc(-c2csc(=NCc3ccccc3)n2N=C(C)c2ccc(C)o2)c(OC)c1. The minimum Gasteiger partial charge on any atom is -0.497 e. The van der Waals surface area contributed by atoms with Crippen molar-refractivity contribution in [2.75, 3.05) is 14.2 Å². The number of hydrogen-bond donors (Lipinski definition) is 0. The maximum atomic E-state index is 5.77. The normalized spacial score (nSPS) is 12.2. The first-order valence-corrected chi connectivity index (χ1v) is 11.1. The number of methoxy groups -OCH3 is 2. The van der Waals surface area contributed by atoms with Crippen LogP contribution in [0.1, 0.15) is 24.0 Å². The van der Waals surface area contributed by atoms with E-state index in [-0.39, 0.29) is 0 Å². The monoisotopic (exact) mass is 447 g/mol. The average molecular weight is 448 g/mol. The van der Waals surface area contributed by atoms with Crippen LogP contribution in [0.2, 0.25) is 0 Å². The van der Waals surface area contributed by atoms with Crippen LogP contribution in [0.25, 0.3) is 11.3 Å². The number of hydrogen-bond acceptors (Lipinski definition) is 6. The van der Waals surface area contributed by atoms with E-state index in [9.17, 15) is 0 Å². The zero-order valence-corrected chi connectivity index (χ0v) is 19.3. The van der Waals surface area contributed by atoms with Crippen LogP contribution < -0.4 is 14.3 Å². The number of ether oxygens (including phenoxy) is 2. The summed E-state index contributed by atoms with van der Waals surface area (Å²) in [6.45, 7) is 4.41. The Morgan fingerprint density at radius 2 is 1.84 bits per heavy atom. The zero-order valence-electron chi connectivity index (χ0n) is 18.5. The third-order valence-electron chi connectivity index (χ3n) is 4.96. The van der Waals surface area contributed by atoms with Crippen molar-refractivity contribution >= 4 is 17.0 Å². The summed E-state index contributed by atoms with van der Waals surface area (Å²) in [7, 11) is 3.29. The van der Waals surface area contributed by atoms with Gasteiger partial charge < -0.3 is 13.9 Å². The standard InChI is InChI=1S/C25H25N3O3S/c1-17-10-13-23(31-17)18(2)27-28-22(21-12-11-20(29-3)14-24(21)30-4)16-32-25(28)26-15-19-8-6-5-7-9-19/h5-14,16H,15H2,1-4H3. The van der Waals surface area contributed by atoms with Crippen LogP contribution in [0.15, 0.2) is 80.6 Å². The molecule has 0 saturated carbocycles. The summed E-state index contributed by atoms with van der Waals surface area (Å²) in [5.41, 5.74) is 3.67. The van der Waals surface area contributed by atoms with Crippen LogP contribution in [0, 0.1) is 6.92 Å². The Kier molecular flexibility index (Phi) is 6.56. The molecule has 4 aromatic rings. The van der Waals surface area contributed by atoms with Gasteiger partial charge in [-0.25, -0.2) is 4.68 Å². The molecule has 0 atom stereocenters. The van der Waals surface area contributed by atoms with Crippen LogP contribution >= 0.6 is 11.3 Å². The Labute approximate surface area is 191 Å². The highest BCUT2D eigenvalue weighted by Crippen LogP contribution is 2.33. The molecule has 4 rings (SSSR count). The summed E-state index contributed by atoms with van der Waals surface area (Å²) in [4.78, 5) is 5.62. The van der Waals surface area contributed by atoms with Crippen molar-refractivity contribution in [1.82, 2.24) is 4.68 Å². The molecular formula is C25H25N3O3S. The van der Waals surface area contributed by atoms with Crippen molar-refractivity contribution < 1.29 is 13.9 Å². The Hall–Kier alpha value is -3.58. The van der Waals surface area contributed by atoms with E-state index in [1.807, 2.05) is 72.4 Å². The van der Waals surface area contributed by atoms with Crippen LogP contribution in [0.3, 0.4) is 0 Å². The highest BCUT2D eigenvalue weighted by atomic mass is 32.1. The van der Waals surface area contributed by atoms with Gasteiger partial charge in [0.2, 0.25) is 4.80 Å². The van der Waals surface area contributed by atoms with Gasteiger partial charge in [-0.1, -0.05) is 30.3 Å². The Morgan fingerprint density at radius 3 is 2.53 bits per heavy atom. The second kappa shape index (κ2) is 9.70. The Bertz CT molecular complexity index is 1300. The lowest BCUT2D eigenvalue weighted by molar-refractivity contribution is 0.395. The summed E-state index contributed by atoms with van der Waals surface area (Å²) in [6, 6.07) is 19.8. The largest absolute Gasteiger partial charge is 0.497 e. The highest BCUT2D eigenvalue weighted by molar-refractivity contribution is 7.07. The van der Waals surface area contributed by atoms with E-state index in [1.54, 1.807) is 14.2 Å². The summed E-state index contributed by atoms with van der Waals surface area (Å²) in [6.07, 6.45) is 0. The van der Waals surface area contributed by atoms with Gasteiger partial charge in [-0.2, -0.15) is 5.10 Å². The molecule has 0 aliphatic carbocycles. The van der Waals surface area contributed by atoms with Crippen molar-refractivity contribution in [3.05, 3.63) is 87.9 Å². The van der Waals surface area contributed by atoms with Crippen molar-refractivity contribution in [3.63, 3.8) is 0 Å². The maximum Gasteiger partial charge on any atom is 0.206 e. The summed E-state index contributed by atoms with van der Waals surface area (Å²) in [5.74, 6) is 3.00. The molecule has 0 bridgehead atoms. The summed E-state index contributed by atoms with van der Waals surface area (Å²) < 4.78 is 18.6. The van der Waals surface area contributed by atoms with Gasteiger partial charge in [0.25, 0.3) is 0 Å². The second-order valence-corrected chi connectivity index (χ2v) is 8.02.